The highest BCUT2D eigenvalue weighted by molar-refractivity contribution is 5.90. The molecule has 0 spiro atoms. The van der Waals surface area contributed by atoms with E-state index in [0.717, 1.165) is 17.7 Å². The molecule has 102 valence electrons. The smallest absolute Gasteiger partial charge is 0.226 e. The fourth-order valence-corrected chi connectivity index (χ4v) is 1.41. The number of carbonyl (C=O) groups is 1. The lowest BCUT2D eigenvalue weighted by Gasteiger charge is -2.05. The van der Waals surface area contributed by atoms with Crippen LogP contribution in [0.1, 0.15) is 25.3 Å². The van der Waals surface area contributed by atoms with Crippen LogP contribution in [0.2, 0.25) is 0 Å². The number of benzene rings is 1. The van der Waals surface area contributed by atoms with Crippen molar-refractivity contribution in [1.82, 2.24) is 0 Å². The Labute approximate surface area is 113 Å². The average Bonchev–Trinajstić information content (AvgIpc) is 2.43. The fourth-order valence-electron chi connectivity index (χ4n) is 1.41. The highest BCUT2D eigenvalue weighted by Crippen LogP contribution is 2.09. The molecule has 19 heavy (non-hydrogen) atoms. The minimum Gasteiger partial charge on any atom is -0.384 e. The number of nitrogens with one attached hydrogen (secondary N) is 1. The molecule has 0 bridgehead atoms. The molecule has 1 aromatic rings. The zero-order valence-corrected chi connectivity index (χ0v) is 11.1. The van der Waals surface area contributed by atoms with E-state index in [1.54, 1.807) is 24.3 Å². The maximum atomic E-state index is 11.6. The van der Waals surface area contributed by atoms with Crippen molar-refractivity contribution in [2.45, 2.75) is 19.8 Å². The van der Waals surface area contributed by atoms with Crippen LogP contribution in [0.25, 0.3) is 0 Å². The molecule has 0 atom stereocenters. The molecule has 0 unspecified atom stereocenters. The van der Waals surface area contributed by atoms with Gasteiger partial charge in [0.1, 0.15) is 6.61 Å². The summed E-state index contributed by atoms with van der Waals surface area (Å²) in [6.07, 6.45) is 1.31. The van der Waals surface area contributed by atoms with Gasteiger partial charge >= 0.3 is 0 Å². The summed E-state index contributed by atoms with van der Waals surface area (Å²) < 4.78 is 5.25. The first-order valence-corrected chi connectivity index (χ1v) is 6.33. The first-order chi connectivity index (χ1) is 9.26. The third-order valence-corrected chi connectivity index (χ3v) is 2.30. The molecule has 0 saturated carbocycles. The Morgan fingerprint density at radius 3 is 2.68 bits per heavy atom. The predicted octanol–water partition coefficient (Wildman–Crippen LogP) is 1.79. The summed E-state index contributed by atoms with van der Waals surface area (Å²) in [5.74, 6) is 5.29. The molecular weight excluding hydrogens is 242 g/mol. The van der Waals surface area contributed by atoms with Crippen LogP contribution in [0.4, 0.5) is 5.69 Å². The van der Waals surface area contributed by atoms with E-state index in [2.05, 4.69) is 17.2 Å². The van der Waals surface area contributed by atoms with Gasteiger partial charge in [0.25, 0.3) is 0 Å². The van der Waals surface area contributed by atoms with Gasteiger partial charge in [0.05, 0.1) is 13.0 Å². The van der Waals surface area contributed by atoms with Gasteiger partial charge in [-0.1, -0.05) is 18.8 Å². The van der Waals surface area contributed by atoms with Crippen LogP contribution in [-0.2, 0) is 9.53 Å². The lowest BCUT2D eigenvalue weighted by molar-refractivity contribution is -0.117. The summed E-state index contributed by atoms with van der Waals surface area (Å²) >= 11 is 0. The summed E-state index contributed by atoms with van der Waals surface area (Å²) in [5, 5.41) is 11.4. The van der Waals surface area contributed by atoms with Gasteiger partial charge in [-0.3, -0.25) is 4.79 Å². The molecule has 4 heteroatoms. The van der Waals surface area contributed by atoms with Gasteiger partial charge in [-0.15, -0.1) is 0 Å². The molecule has 2 N–H and O–H groups in total. The first kappa shape index (κ1) is 15.2. The number of hydrogen-bond acceptors (Lipinski definition) is 3. The number of hydrogen-bond donors (Lipinski definition) is 2. The lowest BCUT2D eigenvalue weighted by Crippen LogP contribution is -2.14. The standard InChI is InChI=1S/C15H19NO3/c1-2-11-19-12-9-15(18)16-14-7-5-13(6-8-14)4-3-10-17/h5-8,17H,2,9-12H2,1H3,(H,16,18). The van der Waals surface area contributed by atoms with Crippen LogP contribution >= 0.6 is 0 Å². The Kier molecular flexibility index (Phi) is 7.33. The Morgan fingerprint density at radius 2 is 2.05 bits per heavy atom. The first-order valence-electron chi connectivity index (χ1n) is 6.33. The van der Waals surface area contributed by atoms with Gasteiger partial charge in [0.2, 0.25) is 5.91 Å². The quantitative estimate of drug-likeness (QED) is 0.606. The highest BCUT2D eigenvalue weighted by Gasteiger charge is 2.01. The lowest BCUT2D eigenvalue weighted by atomic mass is 10.2. The molecule has 0 aliphatic heterocycles. The average molecular weight is 261 g/mol. The second-order valence-corrected chi connectivity index (χ2v) is 3.95. The molecule has 4 nitrogen and oxygen atoms in total. The normalized spacial score (nSPS) is 9.58. The maximum Gasteiger partial charge on any atom is 0.226 e. The van der Waals surface area contributed by atoms with Crippen LogP contribution < -0.4 is 5.32 Å². The summed E-state index contributed by atoms with van der Waals surface area (Å²) in [4.78, 5) is 11.6. The van der Waals surface area contributed by atoms with E-state index >= 15 is 0 Å². The highest BCUT2D eigenvalue weighted by atomic mass is 16.5. The van der Waals surface area contributed by atoms with Crippen molar-refractivity contribution in [3.8, 4) is 11.8 Å². The number of rotatable bonds is 6. The largest absolute Gasteiger partial charge is 0.384 e. The van der Waals surface area contributed by atoms with Crippen molar-refractivity contribution < 1.29 is 14.6 Å². The van der Waals surface area contributed by atoms with Crippen molar-refractivity contribution in [3.63, 3.8) is 0 Å². The van der Waals surface area contributed by atoms with Crippen molar-refractivity contribution in [3.05, 3.63) is 29.8 Å². The topological polar surface area (TPSA) is 58.6 Å². The fraction of sp³-hybridized carbons (Fsp3) is 0.400. The van der Waals surface area contributed by atoms with Gasteiger partial charge in [-0.2, -0.15) is 0 Å². The Morgan fingerprint density at radius 1 is 1.32 bits per heavy atom. The van der Waals surface area contributed by atoms with Gasteiger partial charge in [-0.25, -0.2) is 0 Å². The Bertz CT molecular complexity index is 443. The number of aliphatic hydroxyl groups is 1. The Hall–Kier alpha value is -1.83. The number of carbonyl (C=O) groups excluding carboxylic acids is 1. The van der Waals surface area contributed by atoms with Crippen LogP contribution in [0.15, 0.2) is 24.3 Å². The van der Waals surface area contributed by atoms with Crippen molar-refractivity contribution in [2.24, 2.45) is 0 Å². The molecule has 0 saturated heterocycles. The van der Waals surface area contributed by atoms with Gasteiger partial charge in [0, 0.05) is 17.9 Å². The molecule has 1 aromatic carbocycles. The monoisotopic (exact) mass is 261 g/mol. The van der Waals surface area contributed by atoms with Crippen molar-refractivity contribution >= 4 is 11.6 Å². The summed E-state index contributed by atoms with van der Waals surface area (Å²) in [7, 11) is 0. The SMILES string of the molecule is CCCOCCC(=O)Nc1ccc(C#CCO)cc1. The minimum atomic E-state index is -0.157. The predicted molar refractivity (Wildman–Crippen MR) is 74.8 cm³/mol. The molecule has 0 heterocycles. The molecule has 0 radical (unpaired) electrons. The van der Waals surface area contributed by atoms with Crippen LogP contribution in [-0.4, -0.2) is 30.8 Å². The number of aliphatic hydroxyl groups excluding tert-OH is 1. The molecule has 0 fully saturated rings. The van der Waals surface area contributed by atoms with E-state index < -0.39 is 0 Å². The van der Waals surface area contributed by atoms with E-state index in [1.807, 2.05) is 6.92 Å². The second kappa shape index (κ2) is 9.15. The van der Waals surface area contributed by atoms with E-state index in [9.17, 15) is 4.79 Å². The van der Waals surface area contributed by atoms with Gasteiger partial charge in [0.15, 0.2) is 0 Å². The summed E-state index contributed by atoms with van der Waals surface area (Å²) in [6.45, 7) is 3.00. The zero-order chi connectivity index (χ0) is 13.9. The zero-order valence-electron chi connectivity index (χ0n) is 11.1. The molecule has 0 aliphatic carbocycles. The van der Waals surface area contributed by atoms with E-state index in [0.29, 0.717) is 19.6 Å². The van der Waals surface area contributed by atoms with Crippen molar-refractivity contribution in [2.75, 3.05) is 25.1 Å². The molecule has 0 aliphatic rings. The number of anilines is 1. The third-order valence-electron chi connectivity index (χ3n) is 2.30. The van der Waals surface area contributed by atoms with E-state index in [4.69, 9.17) is 9.84 Å². The van der Waals surface area contributed by atoms with Crippen molar-refractivity contribution in [1.29, 1.82) is 0 Å². The minimum absolute atomic E-state index is 0.0645. The maximum absolute atomic E-state index is 11.6. The van der Waals surface area contributed by atoms with E-state index in [-0.39, 0.29) is 12.5 Å². The van der Waals surface area contributed by atoms with Crippen LogP contribution in [0.3, 0.4) is 0 Å². The summed E-state index contributed by atoms with van der Waals surface area (Å²) in [6, 6.07) is 7.16. The second-order valence-electron chi connectivity index (χ2n) is 3.95. The van der Waals surface area contributed by atoms with Gasteiger partial charge in [-0.05, 0) is 30.7 Å². The van der Waals surface area contributed by atoms with Crippen LogP contribution in [0.5, 0.6) is 0 Å². The number of ether oxygens (including phenoxy) is 1. The van der Waals surface area contributed by atoms with Gasteiger partial charge < -0.3 is 15.2 Å². The van der Waals surface area contributed by atoms with E-state index in [1.165, 1.54) is 0 Å². The molecule has 1 amide bonds. The summed E-state index contributed by atoms with van der Waals surface area (Å²) in [5.41, 5.74) is 1.54. The number of amides is 1. The molecule has 0 aromatic heterocycles. The molecule has 1 rings (SSSR count). The molecular formula is C15H19NO3. The Balaban J connectivity index is 2.38. The third kappa shape index (κ3) is 6.61. The van der Waals surface area contributed by atoms with Crippen LogP contribution in [0, 0.1) is 11.8 Å².